The highest BCUT2D eigenvalue weighted by molar-refractivity contribution is 6.30. The first-order chi connectivity index (χ1) is 13.5. The molecule has 3 atom stereocenters. The molecule has 4 rings (SSSR count). The average Bonchev–Trinajstić information content (AvgIpc) is 3.05. The fourth-order valence-corrected chi connectivity index (χ4v) is 4.46. The Labute approximate surface area is 169 Å². The van der Waals surface area contributed by atoms with Gasteiger partial charge in [-0.1, -0.05) is 35.9 Å². The Morgan fingerprint density at radius 2 is 1.75 bits per heavy atom. The van der Waals surface area contributed by atoms with Gasteiger partial charge in [0.05, 0.1) is 6.04 Å². The molecular weight excluding hydrogens is 379 g/mol. The van der Waals surface area contributed by atoms with E-state index >= 15 is 0 Å². The largest absolute Gasteiger partial charge is 0.508 e. The van der Waals surface area contributed by atoms with Crippen molar-refractivity contribution in [3.8, 4) is 5.75 Å². The molecule has 4 nitrogen and oxygen atoms in total. The molecule has 2 fully saturated rings. The van der Waals surface area contributed by atoms with Gasteiger partial charge in [-0.2, -0.15) is 0 Å². The van der Waals surface area contributed by atoms with Crippen LogP contribution in [-0.4, -0.2) is 52.7 Å². The summed E-state index contributed by atoms with van der Waals surface area (Å²) in [6, 6.07) is 14.1. The van der Waals surface area contributed by atoms with Gasteiger partial charge in [-0.15, -0.1) is 0 Å². The Morgan fingerprint density at radius 3 is 2.43 bits per heavy atom. The van der Waals surface area contributed by atoms with Crippen LogP contribution in [0, 0.1) is 0 Å². The summed E-state index contributed by atoms with van der Waals surface area (Å²) in [5, 5.41) is 10.1. The fraction of sp³-hybridized carbons (Fsp3) is 0.409. The zero-order valence-electron chi connectivity index (χ0n) is 15.6. The number of likely N-dealkylation sites (tertiary alicyclic amines) is 2. The molecule has 28 heavy (non-hydrogen) atoms. The molecule has 1 N–H and O–H groups in total. The van der Waals surface area contributed by atoms with Gasteiger partial charge in [0.15, 0.2) is 0 Å². The van der Waals surface area contributed by atoms with Crippen molar-refractivity contribution in [1.82, 2.24) is 9.80 Å². The number of carbonyl (C=O) groups is 1. The zero-order valence-corrected chi connectivity index (χ0v) is 16.4. The Kier molecular flexibility index (Phi) is 5.56. The van der Waals surface area contributed by atoms with Crippen LogP contribution in [0.2, 0.25) is 5.02 Å². The summed E-state index contributed by atoms with van der Waals surface area (Å²) in [6.07, 6.45) is 0.395. The predicted molar refractivity (Wildman–Crippen MR) is 107 cm³/mol. The van der Waals surface area contributed by atoms with Crippen molar-refractivity contribution in [3.63, 3.8) is 0 Å². The number of rotatable bonds is 4. The third kappa shape index (κ3) is 4.01. The second kappa shape index (κ2) is 8.10. The summed E-state index contributed by atoms with van der Waals surface area (Å²) >= 11 is 5.92. The molecule has 6 heteroatoms. The smallest absolute Gasteiger partial charge is 0.240 e. The molecule has 2 aliphatic heterocycles. The van der Waals surface area contributed by atoms with Gasteiger partial charge < -0.3 is 10.0 Å². The number of hydrogen-bond acceptors (Lipinski definition) is 3. The molecule has 0 spiro atoms. The fourth-order valence-electron chi connectivity index (χ4n) is 4.34. The van der Waals surface area contributed by atoms with Crippen molar-refractivity contribution in [2.24, 2.45) is 0 Å². The highest BCUT2D eigenvalue weighted by atomic mass is 35.5. The molecule has 0 radical (unpaired) electrons. The van der Waals surface area contributed by atoms with Crippen LogP contribution in [0.15, 0.2) is 48.5 Å². The van der Waals surface area contributed by atoms with Crippen LogP contribution in [0.5, 0.6) is 5.75 Å². The minimum absolute atomic E-state index is 0.0882. The topological polar surface area (TPSA) is 43.8 Å². The van der Waals surface area contributed by atoms with Crippen LogP contribution in [-0.2, 0) is 11.3 Å². The number of halogens is 2. The number of aromatic hydroxyl groups is 1. The first-order valence-corrected chi connectivity index (χ1v) is 10.1. The number of carbonyl (C=O) groups excluding carboxylic acids is 1. The SMILES string of the molecule is O=C1[C@H](N2CC[C@@H](c3ccc(O)cc3)[C@H](F)C2)CCN1Cc1ccc(Cl)cc1. The number of phenolic OH excluding ortho intramolecular Hbond substituents is 1. The maximum atomic E-state index is 14.9. The van der Waals surface area contributed by atoms with E-state index in [-0.39, 0.29) is 30.2 Å². The summed E-state index contributed by atoms with van der Waals surface area (Å²) in [4.78, 5) is 16.7. The number of hydrogen-bond donors (Lipinski definition) is 1. The lowest BCUT2D eigenvalue weighted by molar-refractivity contribution is -0.133. The van der Waals surface area contributed by atoms with Crippen LogP contribution < -0.4 is 0 Å². The molecule has 0 bridgehead atoms. The van der Waals surface area contributed by atoms with Crippen LogP contribution in [0.3, 0.4) is 0 Å². The molecule has 0 aliphatic carbocycles. The average molecular weight is 403 g/mol. The molecule has 0 aromatic heterocycles. The van der Waals surface area contributed by atoms with Crippen molar-refractivity contribution < 1.29 is 14.3 Å². The van der Waals surface area contributed by atoms with Gasteiger partial charge in [-0.3, -0.25) is 9.69 Å². The molecular formula is C22H24ClFN2O2. The zero-order chi connectivity index (χ0) is 19.7. The monoisotopic (exact) mass is 402 g/mol. The maximum Gasteiger partial charge on any atom is 0.240 e. The van der Waals surface area contributed by atoms with E-state index in [9.17, 15) is 14.3 Å². The lowest BCUT2D eigenvalue weighted by atomic mass is 9.87. The van der Waals surface area contributed by atoms with Crippen LogP contribution in [0.4, 0.5) is 4.39 Å². The molecule has 148 valence electrons. The highest BCUT2D eigenvalue weighted by Crippen LogP contribution is 2.33. The standard InChI is InChI=1S/C22H24ClFN2O2/c23-17-5-1-15(2-6-17)13-26-12-10-21(22(26)28)25-11-9-19(20(24)14-25)16-3-7-18(27)8-4-16/h1-8,19-21,27H,9-14H2/t19-,20+,21+/m0/s1. The first-order valence-electron chi connectivity index (χ1n) is 9.71. The van der Waals surface area contributed by atoms with Gasteiger partial charge >= 0.3 is 0 Å². The number of piperidine rings is 1. The van der Waals surface area contributed by atoms with Crippen molar-refractivity contribution in [2.75, 3.05) is 19.6 Å². The lowest BCUT2D eigenvalue weighted by Crippen LogP contribution is -2.49. The summed E-state index contributed by atoms with van der Waals surface area (Å²) in [5.41, 5.74) is 1.96. The maximum absolute atomic E-state index is 14.9. The Balaban J connectivity index is 1.37. The van der Waals surface area contributed by atoms with Crippen molar-refractivity contribution >= 4 is 17.5 Å². The normalized spacial score (nSPS) is 26.0. The van der Waals surface area contributed by atoms with E-state index in [2.05, 4.69) is 0 Å². The minimum atomic E-state index is -1.02. The van der Waals surface area contributed by atoms with Crippen LogP contribution in [0.25, 0.3) is 0 Å². The third-order valence-electron chi connectivity index (χ3n) is 5.89. The molecule has 0 unspecified atom stereocenters. The second-order valence-electron chi connectivity index (χ2n) is 7.69. The minimum Gasteiger partial charge on any atom is -0.508 e. The molecule has 0 saturated carbocycles. The van der Waals surface area contributed by atoms with E-state index in [1.54, 1.807) is 24.3 Å². The Hall–Kier alpha value is -2.11. The highest BCUT2D eigenvalue weighted by Gasteiger charge is 2.40. The van der Waals surface area contributed by atoms with Gasteiger partial charge in [0.25, 0.3) is 0 Å². The van der Waals surface area contributed by atoms with Crippen LogP contribution >= 0.6 is 11.6 Å². The van der Waals surface area contributed by atoms with E-state index in [4.69, 9.17) is 11.6 Å². The molecule has 2 saturated heterocycles. The third-order valence-corrected chi connectivity index (χ3v) is 6.14. The molecule has 2 aromatic carbocycles. The Bertz CT molecular complexity index is 827. The van der Waals surface area contributed by atoms with Gasteiger partial charge in [0, 0.05) is 30.6 Å². The first kappa shape index (κ1) is 19.2. The van der Waals surface area contributed by atoms with Crippen molar-refractivity contribution in [2.45, 2.75) is 37.5 Å². The quantitative estimate of drug-likeness (QED) is 0.841. The molecule has 2 heterocycles. The molecule has 2 aliphatic rings. The van der Waals surface area contributed by atoms with E-state index in [1.807, 2.05) is 34.1 Å². The summed E-state index contributed by atoms with van der Waals surface area (Å²) in [6.45, 7) is 2.24. The van der Waals surface area contributed by atoms with Gasteiger partial charge in [0.1, 0.15) is 11.9 Å². The predicted octanol–water partition coefficient (Wildman–Crippen LogP) is 3.97. The van der Waals surface area contributed by atoms with Crippen molar-refractivity contribution in [3.05, 3.63) is 64.7 Å². The molecule has 2 aromatic rings. The van der Waals surface area contributed by atoms with Crippen LogP contribution in [0.1, 0.15) is 29.9 Å². The lowest BCUT2D eigenvalue weighted by Gasteiger charge is -2.37. The Morgan fingerprint density at radius 1 is 1.04 bits per heavy atom. The number of benzene rings is 2. The van der Waals surface area contributed by atoms with Gasteiger partial charge in [-0.25, -0.2) is 4.39 Å². The number of phenols is 1. The summed E-state index contributed by atoms with van der Waals surface area (Å²) in [5.74, 6) is 0.0951. The van der Waals surface area contributed by atoms with Gasteiger partial charge in [0.2, 0.25) is 5.91 Å². The number of alkyl halides is 1. The van der Waals surface area contributed by atoms with Crippen molar-refractivity contribution in [1.29, 1.82) is 0 Å². The van der Waals surface area contributed by atoms with E-state index in [0.717, 1.165) is 17.5 Å². The second-order valence-corrected chi connectivity index (χ2v) is 8.12. The summed E-state index contributed by atoms with van der Waals surface area (Å²) in [7, 11) is 0. The number of amides is 1. The molecule has 1 amide bonds. The van der Waals surface area contributed by atoms with Gasteiger partial charge in [-0.05, 0) is 54.8 Å². The van der Waals surface area contributed by atoms with E-state index in [1.165, 1.54) is 0 Å². The summed E-state index contributed by atoms with van der Waals surface area (Å²) < 4.78 is 14.9. The van der Waals surface area contributed by atoms with E-state index in [0.29, 0.717) is 31.1 Å². The number of nitrogens with zero attached hydrogens (tertiary/aromatic N) is 2. The van der Waals surface area contributed by atoms with E-state index < -0.39 is 6.17 Å².